The predicted molar refractivity (Wildman–Crippen MR) is 123 cm³/mol. The summed E-state index contributed by atoms with van der Waals surface area (Å²) in [6, 6.07) is 16.5. The standard InChI is InChI=1S/C26H30N2O2/c1-19-3-7-21(8-4-19)11-17-25(29)27-23-13-15-24(16-14-23)28-26(30)18-12-22-9-5-20(2)6-10-22/h3-12,17-18,23-24H,13-16H2,1-2H3,(H,27,29)(H,28,30)/b17-11-,18-12+. The second kappa shape index (κ2) is 10.6. The van der Waals surface area contributed by atoms with E-state index in [0.717, 1.165) is 36.8 Å². The number of amides is 2. The summed E-state index contributed by atoms with van der Waals surface area (Å²) < 4.78 is 0. The van der Waals surface area contributed by atoms with Crippen molar-refractivity contribution in [2.75, 3.05) is 0 Å². The summed E-state index contributed by atoms with van der Waals surface area (Å²) in [7, 11) is 0. The van der Waals surface area contributed by atoms with E-state index in [1.807, 2.05) is 74.5 Å². The Balaban J connectivity index is 1.38. The number of hydrogen-bond acceptors (Lipinski definition) is 2. The number of carbonyl (C=O) groups is 2. The highest BCUT2D eigenvalue weighted by molar-refractivity contribution is 5.92. The molecule has 1 aliphatic carbocycles. The van der Waals surface area contributed by atoms with Crippen LogP contribution >= 0.6 is 0 Å². The van der Waals surface area contributed by atoms with Crippen LogP contribution in [-0.2, 0) is 9.59 Å². The van der Waals surface area contributed by atoms with E-state index in [1.54, 1.807) is 12.2 Å². The molecule has 2 amide bonds. The van der Waals surface area contributed by atoms with E-state index in [1.165, 1.54) is 11.1 Å². The Morgan fingerprint density at radius 2 is 1.00 bits per heavy atom. The third-order valence-electron chi connectivity index (χ3n) is 5.43. The van der Waals surface area contributed by atoms with Crippen molar-refractivity contribution in [3.63, 3.8) is 0 Å². The van der Waals surface area contributed by atoms with Crippen LogP contribution in [0.15, 0.2) is 60.7 Å². The number of carbonyl (C=O) groups excluding carboxylic acids is 2. The highest BCUT2D eigenvalue weighted by Crippen LogP contribution is 2.19. The zero-order chi connectivity index (χ0) is 21.3. The van der Waals surface area contributed by atoms with Crippen LogP contribution in [0.5, 0.6) is 0 Å². The van der Waals surface area contributed by atoms with Gasteiger partial charge in [0.2, 0.25) is 11.8 Å². The third kappa shape index (κ3) is 7.03. The van der Waals surface area contributed by atoms with Gasteiger partial charge in [0.1, 0.15) is 0 Å². The molecule has 2 N–H and O–H groups in total. The van der Waals surface area contributed by atoms with Crippen LogP contribution in [0.4, 0.5) is 0 Å². The fourth-order valence-electron chi connectivity index (χ4n) is 3.58. The molecule has 0 unspecified atom stereocenters. The topological polar surface area (TPSA) is 58.2 Å². The molecule has 1 fully saturated rings. The van der Waals surface area contributed by atoms with Gasteiger partial charge in [-0.2, -0.15) is 0 Å². The van der Waals surface area contributed by atoms with Gasteiger partial charge in [-0.1, -0.05) is 59.7 Å². The third-order valence-corrected chi connectivity index (χ3v) is 5.43. The molecule has 0 spiro atoms. The minimum Gasteiger partial charge on any atom is -0.350 e. The Morgan fingerprint density at radius 1 is 0.667 bits per heavy atom. The molecule has 0 saturated heterocycles. The molecule has 4 heteroatoms. The lowest BCUT2D eigenvalue weighted by atomic mass is 9.91. The summed E-state index contributed by atoms with van der Waals surface area (Å²) in [4.78, 5) is 24.3. The highest BCUT2D eigenvalue weighted by Gasteiger charge is 2.22. The van der Waals surface area contributed by atoms with Crippen molar-refractivity contribution in [3.8, 4) is 0 Å². The Bertz CT molecular complexity index is 826. The van der Waals surface area contributed by atoms with E-state index in [9.17, 15) is 9.59 Å². The first-order valence-electron chi connectivity index (χ1n) is 10.6. The maximum atomic E-state index is 12.2. The minimum atomic E-state index is -0.0657. The molecule has 2 aromatic carbocycles. The summed E-state index contributed by atoms with van der Waals surface area (Å²) in [5, 5.41) is 6.15. The van der Waals surface area contributed by atoms with E-state index in [-0.39, 0.29) is 23.9 Å². The second-order valence-electron chi connectivity index (χ2n) is 8.05. The largest absolute Gasteiger partial charge is 0.350 e. The van der Waals surface area contributed by atoms with Gasteiger partial charge in [-0.05, 0) is 62.8 Å². The average Bonchev–Trinajstić information content (AvgIpc) is 2.74. The Hall–Kier alpha value is -3.14. The fraction of sp³-hybridized carbons (Fsp3) is 0.308. The van der Waals surface area contributed by atoms with Gasteiger partial charge in [0.25, 0.3) is 0 Å². The number of hydrogen-bond donors (Lipinski definition) is 2. The smallest absolute Gasteiger partial charge is 0.244 e. The molecule has 30 heavy (non-hydrogen) atoms. The number of aryl methyl sites for hydroxylation is 2. The molecule has 1 aliphatic rings. The van der Waals surface area contributed by atoms with E-state index >= 15 is 0 Å². The minimum absolute atomic E-state index is 0.0657. The normalized spacial score (nSPS) is 19.1. The van der Waals surface area contributed by atoms with E-state index in [0.29, 0.717) is 0 Å². The van der Waals surface area contributed by atoms with Crippen LogP contribution in [0.2, 0.25) is 0 Å². The average molecular weight is 403 g/mol. The summed E-state index contributed by atoms with van der Waals surface area (Å²) in [5.41, 5.74) is 4.43. The summed E-state index contributed by atoms with van der Waals surface area (Å²) in [6.45, 7) is 4.08. The van der Waals surface area contributed by atoms with Crippen LogP contribution < -0.4 is 10.6 Å². The van der Waals surface area contributed by atoms with Gasteiger partial charge < -0.3 is 10.6 Å². The van der Waals surface area contributed by atoms with Gasteiger partial charge in [-0.25, -0.2) is 0 Å². The molecule has 156 valence electrons. The molecule has 0 heterocycles. The molecule has 0 aromatic heterocycles. The molecule has 1 saturated carbocycles. The van der Waals surface area contributed by atoms with Crippen molar-refractivity contribution in [1.82, 2.24) is 10.6 Å². The number of rotatable bonds is 6. The monoisotopic (exact) mass is 402 g/mol. The zero-order valence-corrected chi connectivity index (χ0v) is 17.7. The Morgan fingerprint density at radius 3 is 1.33 bits per heavy atom. The molecule has 3 rings (SSSR count). The summed E-state index contributed by atoms with van der Waals surface area (Å²) in [5.74, 6) is -0.131. The van der Waals surface area contributed by atoms with Crippen molar-refractivity contribution < 1.29 is 9.59 Å². The Labute approximate surface area is 179 Å². The van der Waals surface area contributed by atoms with Gasteiger partial charge in [-0.3, -0.25) is 9.59 Å². The van der Waals surface area contributed by atoms with Crippen molar-refractivity contribution in [3.05, 3.63) is 82.9 Å². The molecule has 2 aromatic rings. The van der Waals surface area contributed by atoms with Gasteiger partial charge in [0.15, 0.2) is 0 Å². The molecule has 0 radical (unpaired) electrons. The fourth-order valence-corrected chi connectivity index (χ4v) is 3.58. The van der Waals surface area contributed by atoms with Gasteiger partial charge >= 0.3 is 0 Å². The van der Waals surface area contributed by atoms with E-state index in [4.69, 9.17) is 0 Å². The first-order valence-corrected chi connectivity index (χ1v) is 10.6. The van der Waals surface area contributed by atoms with E-state index in [2.05, 4.69) is 10.6 Å². The quantitative estimate of drug-likeness (QED) is 0.695. The predicted octanol–water partition coefficient (Wildman–Crippen LogP) is 4.57. The Kier molecular flexibility index (Phi) is 7.61. The molecular formula is C26H30N2O2. The van der Waals surface area contributed by atoms with Crippen molar-refractivity contribution in [1.29, 1.82) is 0 Å². The summed E-state index contributed by atoms with van der Waals surface area (Å²) >= 11 is 0. The zero-order valence-electron chi connectivity index (χ0n) is 17.7. The lowest BCUT2D eigenvalue weighted by Crippen LogP contribution is -2.43. The molecule has 0 aliphatic heterocycles. The lowest BCUT2D eigenvalue weighted by Gasteiger charge is -2.29. The SMILES string of the molecule is Cc1ccc(/C=C\C(=O)NC2CCC(NC(=O)/C=C/c3ccc(C)cc3)CC2)cc1. The molecule has 0 bridgehead atoms. The van der Waals surface area contributed by atoms with Crippen LogP contribution in [0.1, 0.15) is 47.9 Å². The van der Waals surface area contributed by atoms with Gasteiger partial charge in [0, 0.05) is 24.2 Å². The maximum absolute atomic E-state index is 12.2. The highest BCUT2D eigenvalue weighted by atomic mass is 16.2. The van der Waals surface area contributed by atoms with Gasteiger partial charge in [-0.15, -0.1) is 0 Å². The molecular weight excluding hydrogens is 372 g/mol. The van der Waals surface area contributed by atoms with Crippen LogP contribution in [0.25, 0.3) is 12.2 Å². The van der Waals surface area contributed by atoms with Crippen molar-refractivity contribution in [2.45, 2.75) is 51.6 Å². The van der Waals surface area contributed by atoms with Crippen molar-refractivity contribution in [2.24, 2.45) is 0 Å². The first-order chi connectivity index (χ1) is 14.5. The second-order valence-corrected chi connectivity index (χ2v) is 8.05. The van der Waals surface area contributed by atoms with Crippen LogP contribution in [0.3, 0.4) is 0 Å². The van der Waals surface area contributed by atoms with E-state index < -0.39 is 0 Å². The maximum Gasteiger partial charge on any atom is 0.244 e. The molecule has 4 nitrogen and oxygen atoms in total. The first kappa shape index (κ1) is 21.6. The molecule has 0 atom stereocenters. The number of nitrogens with one attached hydrogen (secondary N) is 2. The lowest BCUT2D eigenvalue weighted by molar-refractivity contribution is -0.118. The van der Waals surface area contributed by atoms with Gasteiger partial charge in [0.05, 0.1) is 0 Å². The van der Waals surface area contributed by atoms with Crippen LogP contribution in [0, 0.1) is 13.8 Å². The van der Waals surface area contributed by atoms with Crippen LogP contribution in [-0.4, -0.2) is 23.9 Å². The number of benzene rings is 2. The summed E-state index contributed by atoms with van der Waals surface area (Å²) in [6.07, 6.45) is 10.3. The van der Waals surface area contributed by atoms with Crippen molar-refractivity contribution >= 4 is 24.0 Å².